The maximum absolute atomic E-state index is 9.74. The fourth-order valence-electron chi connectivity index (χ4n) is 2.91. The van der Waals surface area contributed by atoms with Gasteiger partial charge in [-0.3, -0.25) is 0 Å². The lowest BCUT2D eigenvalue weighted by atomic mass is 10.1. The van der Waals surface area contributed by atoms with E-state index >= 15 is 0 Å². The van der Waals surface area contributed by atoms with Gasteiger partial charge in [0.15, 0.2) is 5.58 Å². The average Bonchev–Trinajstić information content (AvgIpc) is 3.15. The van der Waals surface area contributed by atoms with E-state index in [9.17, 15) is 5.26 Å². The molecule has 0 saturated carbocycles. The number of hydrogen-bond donors (Lipinski definition) is 0. The third-order valence-corrected chi connectivity index (χ3v) is 5.54. The Kier molecular flexibility index (Phi) is 6.24. The molecule has 0 atom stereocenters. The predicted octanol–water partition coefficient (Wildman–Crippen LogP) is 7.65. The molecule has 30 heavy (non-hydrogen) atoms. The number of fused-ring (bicyclic) bond motifs is 1. The summed E-state index contributed by atoms with van der Waals surface area (Å²) in [4.78, 5) is 4.42. The van der Waals surface area contributed by atoms with Gasteiger partial charge in [0.05, 0.1) is 4.47 Å². The number of aromatic nitrogens is 1. The smallest absolute Gasteiger partial charge is 0.238 e. The van der Waals surface area contributed by atoms with Gasteiger partial charge in [-0.15, -0.1) is 0 Å². The Balaban J connectivity index is 1.72. The van der Waals surface area contributed by atoms with Gasteiger partial charge in [-0.25, -0.2) is 4.98 Å². The van der Waals surface area contributed by atoms with Gasteiger partial charge in [-0.1, -0.05) is 51.8 Å². The molecule has 7 heteroatoms. The molecule has 4 nitrogen and oxygen atoms in total. The SMILES string of the molecule is N#C/C(=C\c1cc(Br)cc(Br)c1OCc1cccc(Cl)c1)c1nc2ccccc2o1. The molecule has 0 unspecified atom stereocenters. The van der Waals surface area contributed by atoms with Crippen LogP contribution in [0.5, 0.6) is 5.75 Å². The number of oxazole rings is 1. The van der Waals surface area contributed by atoms with E-state index in [0.29, 0.717) is 39.6 Å². The molecule has 0 amide bonds. The molecule has 0 aliphatic carbocycles. The minimum atomic E-state index is 0.260. The van der Waals surface area contributed by atoms with E-state index in [2.05, 4.69) is 42.9 Å². The molecule has 4 rings (SSSR count). The van der Waals surface area contributed by atoms with E-state index in [1.165, 1.54) is 0 Å². The minimum Gasteiger partial charge on any atom is -0.487 e. The van der Waals surface area contributed by atoms with Crippen molar-refractivity contribution in [2.75, 3.05) is 0 Å². The van der Waals surface area contributed by atoms with E-state index in [1.54, 1.807) is 6.08 Å². The Morgan fingerprint density at radius 2 is 1.97 bits per heavy atom. The van der Waals surface area contributed by atoms with Crippen LogP contribution in [0.25, 0.3) is 22.7 Å². The van der Waals surface area contributed by atoms with Crippen LogP contribution in [0.4, 0.5) is 0 Å². The number of ether oxygens (including phenoxy) is 1. The highest BCUT2D eigenvalue weighted by Gasteiger charge is 2.15. The number of rotatable bonds is 5. The lowest BCUT2D eigenvalue weighted by Crippen LogP contribution is -1.98. The fourth-order valence-corrected chi connectivity index (χ4v) is 4.49. The number of halogens is 3. The van der Waals surface area contributed by atoms with Crippen molar-refractivity contribution < 1.29 is 9.15 Å². The normalized spacial score (nSPS) is 11.5. The molecule has 0 bridgehead atoms. The summed E-state index contributed by atoms with van der Waals surface area (Å²) >= 11 is 13.1. The van der Waals surface area contributed by atoms with Gasteiger partial charge in [0.1, 0.15) is 29.5 Å². The zero-order valence-corrected chi connectivity index (χ0v) is 19.3. The zero-order valence-electron chi connectivity index (χ0n) is 15.4. The van der Waals surface area contributed by atoms with Crippen molar-refractivity contribution in [2.24, 2.45) is 0 Å². The monoisotopic (exact) mass is 542 g/mol. The first-order valence-electron chi connectivity index (χ1n) is 8.87. The molecule has 0 aliphatic heterocycles. The molecule has 0 aliphatic rings. The van der Waals surface area contributed by atoms with Crippen LogP contribution in [0, 0.1) is 11.3 Å². The maximum Gasteiger partial charge on any atom is 0.238 e. The van der Waals surface area contributed by atoms with Gasteiger partial charge < -0.3 is 9.15 Å². The molecule has 0 spiro atoms. The van der Waals surface area contributed by atoms with Crippen LogP contribution in [0.3, 0.4) is 0 Å². The second kappa shape index (κ2) is 9.05. The Labute approximate surface area is 195 Å². The van der Waals surface area contributed by atoms with Gasteiger partial charge in [-0.2, -0.15) is 5.26 Å². The molecule has 1 heterocycles. The number of nitrogens with zero attached hydrogens (tertiary/aromatic N) is 2. The molecule has 3 aromatic carbocycles. The summed E-state index contributed by atoms with van der Waals surface area (Å²) in [6.07, 6.45) is 1.70. The minimum absolute atomic E-state index is 0.260. The van der Waals surface area contributed by atoms with E-state index < -0.39 is 0 Å². The standard InChI is InChI=1S/C23H13Br2ClN2O2/c24-17-10-15(9-16(12-27)23-28-20-6-1-2-7-21(20)30-23)22(19(25)11-17)29-13-14-4-3-5-18(26)8-14/h1-11H,13H2/b16-9+. The van der Waals surface area contributed by atoms with Crippen LogP contribution in [0.2, 0.25) is 5.02 Å². The summed E-state index contributed by atoms with van der Waals surface area (Å²) in [5.41, 5.74) is 3.26. The third kappa shape index (κ3) is 4.59. The molecular weight excluding hydrogens is 532 g/mol. The Bertz CT molecular complexity index is 1280. The van der Waals surface area contributed by atoms with Gasteiger partial charge >= 0.3 is 0 Å². The highest BCUT2D eigenvalue weighted by atomic mass is 79.9. The quantitative estimate of drug-likeness (QED) is 0.242. The van der Waals surface area contributed by atoms with E-state index in [4.69, 9.17) is 20.8 Å². The summed E-state index contributed by atoms with van der Waals surface area (Å²) in [6, 6.07) is 20.8. The molecule has 4 aromatic rings. The summed E-state index contributed by atoms with van der Waals surface area (Å²) in [6.45, 7) is 0.326. The van der Waals surface area contributed by atoms with Crippen LogP contribution in [-0.4, -0.2) is 4.98 Å². The molecule has 148 valence electrons. The van der Waals surface area contributed by atoms with Crippen molar-refractivity contribution in [3.05, 3.63) is 91.6 Å². The lowest BCUT2D eigenvalue weighted by molar-refractivity contribution is 0.303. The van der Waals surface area contributed by atoms with Gasteiger partial charge in [0.25, 0.3) is 0 Å². The van der Waals surface area contributed by atoms with Crippen LogP contribution < -0.4 is 4.74 Å². The van der Waals surface area contributed by atoms with Crippen molar-refractivity contribution in [1.82, 2.24) is 4.98 Å². The molecule has 0 saturated heterocycles. The average molecular weight is 545 g/mol. The van der Waals surface area contributed by atoms with Crippen LogP contribution in [0.1, 0.15) is 17.0 Å². The topological polar surface area (TPSA) is 59.0 Å². The predicted molar refractivity (Wildman–Crippen MR) is 125 cm³/mol. The number of hydrogen-bond acceptors (Lipinski definition) is 4. The van der Waals surface area contributed by atoms with Crippen LogP contribution in [0.15, 0.2) is 74.0 Å². The Morgan fingerprint density at radius 1 is 1.13 bits per heavy atom. The fraction of sp³-hybridized carbons (Fsp3) is 0.0435. The third-order valence-electron chi connectivity index (χ3n) is 4.25. The summed E-state index contributed by atoms with van der Waals surface area (Å²) in [5.74, 6) is 0.859. The van der Waals surface area contributed by atoms with E-state index in [0.717, 1.165) is 14.5 Å². The lowest BCUT2D eigenvalue weighted by Gasteiger charge is -2.13. The highest BCUT2D eigenvalue weighted by molar-refractivity contribution is 9.11. The number of benzene rings is 3. The van der Waals surface area contributed by atoms with Crippen molar-refractivity contribution in [1.29, 1.82) is 5.26 Å². The number of para-hydroxylation sites is 2. The maximum atomic E-state index is 9.74. The van der Waals surface area contributed by atoms with Crippen molar-refractivity contribution in [3.63, 3.8) is 0 Å². The second-order valence-electron chi connectivity index (χ2n) is 6.38. The second-order valence-corrected chi connectivity index (χ2v) is 8.59. The molecule has 0 fully saturated rings. The van der Waals surface area contributed by atoms with E-state index in [-0.39, 0.29) is 5.89 Å². The van der Waals surface area contributed by atoms with E-state index in [1.807, 2.05) is 60.7 Å². The van der Waals surface area contributed by atoms with Crippen LogP contribution >= 0.6 is 43.5 Å². The Morgan fingerprint density at radius 3 is 2.73 bits per heavy atom. The number of allylic oxidation sites excluding steroid dienone is 1. The highest BCUT2D eigenvalue weighted by Crippen LogP contribution is 2.36. The largest absolute Gasteiger partial charge is 0.487 e. The molecule has 0 N–H and O–H groups in total. The van der Waals surface area contributed by atoms with Crippen molar-refractivity contribution in [3.8, 4) is 11.8 Å². The van der Waals surface area contributed by atoms with Gasteiger partial charge in [0, 0.05) is 15.1 Å². The van der Waals surface area contributed by atoms with Gasteiger partial charge in [-0.05, 0) is 64.0 Å². The molecule has 0 radical (unpaired) electrons. The summed E-state index contributed by atoms with van der Waals surface area (Å²) in [7, 11) is 0. The van der Waals surface area contributed by atoms with Crippen molar-refractivity contribution >= 4 is 66.2 Å². The van der Waals surface area contributed by atoms with Crippen LogP contribution in [-0.2, 0) is 6.61 Å². The first-order chi connectivity index (χ1) is 14.5. The number of nitriles is 1. The Hall–Kier alpha value is -2.59. The first kappa shape index (κ1) is 20.7. The zero-order chi connectivity index (χ0) is 21.1. The first-order valence-corrected chi connectivity index (χ1v) is 10.8. The van der Waals surface area contributed by atoms with Gasteiger partial charge in [0.2, 0.25) is 5.89 Å². The van der Waals surface area contributed by atoms with Crippen molar-refractivity contribution in [2.45, 2.75) is 6.61 Å². The summed E-state index contributed by atoms with van der Waals surface area (Å²) < 4.78 is 13.4. The molecule has 1 aromatic heterocycles. The molecular formula is C23H13Br2ClN2O2. The summed E-state index contributed by atoms with van der Waals surface area (Å²) in [5, 5.41) is 10.4.